The molecule has 0 aliphatic heterocycles. The molecule has 1 unspecified atom stereocenters. The van der Waals surface area contributed by atoms with Crippen LogP contribution in [0.25, 0.3) is 0 Å². The van der Waals surface area contributed by atoms with E-state index in [1.165, 1.54) is 12.8 Å². The van der Waals surface area contributed by atoms with Gasteiger partial charge < -0.3 is 9.84 Å². The lowest BCUT2D eigenvalue weighted by Gasteiger charge is -2.24. The predicted molar refractivity (Wildman–Crippen MR) is 73.8 cm³/mol. The maximum absolute atomic E-state index is 10.5. The molecule has 1 N–H and O–H groups in total. The minimum Gasteiger partial charge on any atom is -0.490 e. The lowest BCUT2D eigenvalue weighted by Crippen LogP contribution is -2.21. The van der Waals surface area contributed by atoms with Crippen LogP contribution in [0.1, 0.15) is 57.9 Å². The SMILES string of the molecule is CCCCCC(C)(O)c1cccc(OC2CC2)c1. The van der Waals surface area contributed by atoms with Gasteiger partial charge in [0.2, 0.25) is 0 Å². The van der Waals surface area contributed by atoms with E-state index in [9.17, 15) is 5.11 Å². The van der Waals surface area contributed by atoms with Crippen molar-refractivity contribution in [3.8, 4) is 5.75 Å². The van der Waals surface area contributed by atoms with Gasteiger partial charge in [-0.1, -0.05) is 38.3 Å². The molecule has 0 bridgehead atoms. The van der Waals surface area contributed by atoms with Crippen LogP contribution in [0, 0.1) is 0 Å². The van der Waals surface area contributed by atoms with Crippen LogP contribution in [-0.2, 0) is 5.60 Å². The number of hydrogen-bond acceptors (Lipinski definition) is 2. The van der Waals surface area contributed by atoms with Gasteiger partial charge in [-0.3, -0.25) is 0 Å². The summed E-state index contributed by atoms with van der Waals surface area (Å²) in [5, 5.41) is 10.5. The Kier molecular flexibility index (Phi) is 4.28. The molecule has 0 heterocycles. The Morgan fingerprint density at radius 2 is 2.11 bits per heavy atom. The summed E-state index contributed by atoms with van der Waals surface area (Å²) < 4.78 is 5.78. The van der Waals surface area contributed by atoms with Crippen molar-refractivity contribution in [2.24, 2.45) is 0 Å². The van der Waals surface area contributed by atoms with Crippen molar-refractivity contribution in [2.75, 3.05) is 0 Å². The highest BCUT2D eigenvalue weighted by Gasteiger charge is 2.26. The third-order valence-corrected chi connectivity index (χ3v) is 3.55. The molecule has 1 saturated carbocycles. The summed E-state index contributed by atoms with van der Waals surface area (Å²) in [5.41, 5.74) is 0.231. The molecule has 1 fully saturated rings. The smallest absolute Gasteiger partial charge is 0.120 e. The molecule has 0 saturated heterocycles. The molecule has 18 heavy (non-hydrogen) atoms. The predicted octanol–water partition coefficient (Wildman–Crippen LogP) is 4.02. The normalized spacial score (nSPS) is 18.4. The van der Waals surface area contributed by atoms with Crippen LogP contribution in [0.4, 0.5) is 0 Å². The van der Waals surface area contributed by atoms with Gasteiger partial charge in [-0.25, -0.2) is 0 Å². The second-order valence-electron chi connectivity index (χ2n) is 5.58. The zero-order valence-corrected chi connectivity index (χ0v) is 11.5. The molecule has 0 spiro atoms. The van der Waals surface area contributed by atoms with Gasteiger partial charge in [0, 0.05) is 0 Å². The lowest BCUT2D eigenvalue weighted by atomic mass is 9.90. The second-order valence-corrected chi connectivity index (χ2v) is 5.58. The van der Waals surface area contributed by atoms with Gasteiger partial charge in [-0.15, -0.1) is 0 Å². The quantitative estimate of drug-likeness (QED) is 0.739. The molecule has 0 amide bonds. The van der Waals surface area contributed by atoms with Crippen LogP contribution in [0.5, 0.6) is 5.75 Å². The maximum atomic E-state index is 10.5. The Morgan fingerprint density at radius 3 is 2.78 bits per heavy atom. The summed E-state index contributed by atoms with van der Waals surface area (Å²) in [6.45, 7) is 4.08. The van der Waals surface area contributed by atoms with E-state index >= 15 is 0 Å². The molecule has 0 aromatic heterocycles. The molecule has 0 radical (unpaired) electrons. The molecule has 1 aliphatic rings. The van der Waals surface area contributed by atoms with Crippen molar-refractivity contribution in [3.63, 3.8) is 0 Å². The van der Waals surface area contributed by atoms with Gasteiger partial charge in [0.15, 0.2) is 0 Å². The Bertz CT molecular complexity index is 380. The standard InChI is InChI=1S/C16H24O2/c1-3-4-5-11-16(2,17)13-7-6-8-15(12-13)18-14-9-10-14/h6-8,12,14,17H,3-5,9-11H2,1-2H3. The Morgan fingerprint density at radius 1 is 1.33 bits per heavy atom. The Balaban J connectivity index is 2.00. The number of aliphatic hydroxyl groups is 1. The number of rotatable bonds is 7. The first-order chi connectivity index (χ1) is 8.62. The van der Waals surface area contributed by atoms with Crippen molar-refractivity contribution < 1.29 is 9.84 Å². The minimum absolute atomic E-state index is 0.408. The number of benzene rings is 1. The first-order valence-electron chi connectivity index (χ1n) is 7.11. The fraction of sp³-hybridized carbons (Fsp3) is 0.625. The lowest BCUT2D eigenvalue weighted by molar-refractivity contribution is 0.0446. The van der Waals surface area contributed by atoms with Crippen molar-refractivity contribution in [3.05, 3.63) is 29.8 Å². The van der Waals surface area contributed by atoms with Gasteiger partial charge in [-0.2, -0.15) is 0 Å². The fourth-order valence-electron chi connectivity index (χ4n) is 2.15. The zero-order valence-electron chi connectivity index (χ0n) is 11.5. The number of ether oxygens (including phenoxy) is 1. The minimum atomic E-state index is -0.738. The Labute approximate surface area is 110 Å². The largest absolute Gasteiger partial charge is 0.490 e. The van der Waals surface area contributed by atoms with Crippen LogP contribution >= 0.6 is 0 Å². The van der Waals surface area contributed by atoms with Crippen molar-refractivity contribution >= 4 is 0 Å². The molecule has 2 heteroatoms. The summed E-state index contributed by atoms with van der Waals surface area (Å²) in [6.07, 6.45) is 6.97. The van der Waals surface area contributed by atoms with Gasteiger partial charge in [-0.05, 0) is 43.9 Å². The molecule has 2 rings (SSSR count). The van der Waals surface area contributed by atoms with E-state index in [0.29, 0.717) is 6.10 Å². The van der Waals surface area contributed by atoms with E-state index in [1.807, 2.05) is 31.2 Å². The van der Waals surface area contributed by atoms with E-state index < -0.39 is 5.60 Å². The molecule has 2 nitrogen and oxygen atoms in total. The summed E-state index contributed by atoms with van der Waals surface area (Å²) in [4.78, 5) is 0. The molecule has 1 atom stereocenters. The van der Waals surface area contributed by atoms with Crippen LogP contribution < -0.4 is 4.74 Å². The van der Waals surface area contributed by atoms with E-state index in [2.05, 4.69) is 6.92 Å². The third-order valence-electron chi connectivity index (χ3n) is 3.55. The highest BCUT2D eigenvalue weighted by atomic mass is 16.5. The van der Waals surface area contributed by atoms with Crippen LogP contribution in [0.15, 0.2) is 24.3 Å². The number of hydrogen-bond donors (Lipinski definition) is 1. The summed E-state index contributed by atoms with van der Waals surface area (Å²) in [7, 11) is 0. The topological polar surface area (TPSA) is 29.5 Å². The molecule has 1 aromatic rings. The maximum Gasteiger partial charge on any atom is 0.120 e. The van der Waals surface area contributed by atoms with Gasteiger partial charge in [0.05, 0.1) is 11.7 Å². The number of unbranched alkanes of at least 4 members (excludes halogenated alkanes) is 2. The Hall–Kier alpha value is -1.02. The van der Waals surface area contributed by atoms with Gasteiger partial charge >= 0.3 is 0 Å². The summed E-state index contributed by atoms with van der Waals surface area (Å²) in [6, 6.07) is 7.93. The van der Waals surface area contributed by atoms with E-state index in [1.54, 1.807) is 0 Å². The first kappa shape index (κ1) is 13.4. The van der Waals surface area contributed by atoms with Crippen molar-refractivity contribution in [1.29, 1.82) is 0 Å². The van der Waals surface area contributed by atoms with Gasteiger partial charge in [0.25, 0.3) is 0 Å². The van der Waals surface area contributed by atoms with Crippen molar-refractivity contribution in [1.82, 2.24) is 0 Å². The van der Waals surface area contributed by atoms with Crippen LogP contribution in [-0.4, -0.2) is 11.2 Å². The summed E-state index contributed by atoms with van der Waals surface area (Å²) in [5.74, 6) is 0.894. The fourth-order valence-corrected chi connectivity index (χ4v) is 2.15. The molecular formula is C16H24O2. The molecule has 1 aromatic carbocycles. The highest BCUT2D eigenvalue weighted by Crippen LogP contribution is 2.32. The van der Waals surface area contributed by atoms with Crippen LogP contribution in [0.3, 0.4) is 0 Å². The molecule has 100 valence electrons. The third kappa shape index (κ3) is 3.74. The van der Waals surface area contributed by atoms with E-state index in [4.69, 9.17) is 4.74 Å². The second kappa shape index (κ2) is 5.75. The van der Waals surface area contributed by atoms with E-state index in [-0.39, 0.29) is 0 Å². The average molecular weight is 248 g/mol. The summed E-state index contributed by atoms with van der Waals surface area (Å²) >= 11 is 0. The molecular weight excluding hydrogens is 224 g/mol. The zero-order chi connectivity index (χ0) is 13.0. The monoisotopic (exact) mass is 248 g/mol. The highest BCUT2D eigenvalue weighted by molar-refractivity contribution is 5.32. The van der Waals surface area contributed by atoms with E-state index in [0.717, 1.165) is 37.0 Å². The average Bonchev–Trinajstić information content (AvgIpc) is 3.14. The van der Waals surface area contributed by atoms with Crippen LogP contribution in [0.2, 0.25) is 0 Å². The first-order valence-corrected chi connectivity index (χ1v) is 7.11. The van der Waals surface area contributed by atoms with Gasteiger partial charge in [0.1, 0.15) is 5.75 Å². The van der Waals surface area contributed by atoms with Crippen molar-refractivity contribution in [2.45, 2.75) is 64.1 Å². The molecule has 1 aliphatic carbocycles.